The molecule has 0 saturated heterocycles. The van der Waals surface area contributed by atoms with Gasteiger partial charge in [-0.05, 0) is 65.9 Å². The number of aryl methyl sites for hydroxylation is 2. The molecule has 5 nitrogen and oxygen atoms in total. The molecule has 0 spiro atoms. The highest BCUT2D eigenvalue weighted by atomic mass is 32.2. The lowest BCUT2D eigenvalue weighted by Gasteiger charge is -2.35. The van der Waals surface area contributed by atoms with E-state index in [1.54, 1.807) is 12.1 Å². The van der Waals surface area contributed by atoms with Crippen molar-refractivity contribution in [1.82, 2.24) is 4.31 Å². The van der Waals surface area contributed by atoms with Gasteiger partial charge < -0.3 is 5.32 Å². The van der Waals surface area contributed by atoms with E-state index in [0.717, 1.165) is 33.0 Å². The summed E-state index contributed by atoms with van der Waals surface area (Å²) in [5.41, 5.74) is 4.64. The predicted octanol–water partition coefficient (Wildman–Crippen LogP) is 5.21. The number of nitrogens with zero attached hydrogens (tertiary/aromatic N) is 1. The van der Waals surface area contributed by atoms with E-state index >= 15 is 0 Å². The molecule has 4 aromatic carbocycles. The fourth-order valence-electron chi connectivity index (χ4n) is 4.61. The van der Waals surface area contributed by atoms with Crippen LogP contribution in [0.4, 0.5) is 5.69 Å². The minimum absolute atomic E-state index is 0.149. The zero-order chi connectivity index (χ0) is 23.9. The number of hydrogen-bond acceptors (Lipinski definition) is 3. The number of sulfonamides is 1. The van der Waals surface area contributed by atoms with E-state index in [4.69, 9.17) is 0 Å². The third-order valence-electron chi connectivity index (χ3n) is 6.48. The van der Waals surface area contributed by atoms with Crippen molar-refractivity contribution in [3.05, 3.63) is 107 Å². The number of anilines is 1. The molecule has 0 aromatic heterocycles. The normalized spacial score (nSPS) is 16.2. The Kier molecular flexibility index (Phi) is 5.71. The minimum atomic E-state index is -3.93. The maximum absolute atomic E-state index is 13.9. The Labute approximate surface area is 200 Å². The van der Waals surface area contributed by atoms with Crippen LogP contribution in [0.3, 0.4) is 0 Å². The Morgan fingerprint density at radius 2 is 1.56 bits per heavy atom. The molecule has 1 atom stereocenters. The van der Waals surface area contributed by atoms with Gasteiger partial charge in [-0.15, -0.1) is 0 Å². The van der Waals surface area contributed by atoms with E-state index in [9.17, 15) is 13.2 Å². The van der Waals surface area contributed by atoms with Gasteiger partial charge in [-0.25, -0.2) is 8.42 Å². The highest BCUT2D eigenvalue weighted by molar-refractivity contribution is 7.89. The Hall–Kier alpha value is -3.48. The minimum Gasteiger partial charge on any atom is -0.324 e. The molecular formula is C28H26N2O3S. The molecule has 0 aliphatic carbocycles. The maximum Gasteiger partial charge on any atom is 0.244 e. The van der Waals surface area contributed by atoms with Crippen LogP contribution in [0, 0.1) is 13.8 Å². The molecule has 0 unspecified atom stereocenters. The second kappa shape index (κ2) is 8.70. The summed E-state index contributed by atoms with van der Waals surface area (Å²) in [6.07, 6.45) is 0.319. The summed E-state index contributed by atoms with van der Waals surface area (Å²) in [5, 5.41) is 4.79. The van der Waals surface area contributed by atoms with Gasteiger partial charge in [-0.3, -0.25) is 4.79 Å². The summed E-state index contributed by atoms with van der Waals surface area (Å²) in [6, 6.07) is 25.4. The molecule has 1 amide bonds. The number of fused-ring (bicyclic) bond motifs is 2. The summed E-state index contributed by atoms with van der Waals surface area (Å²) < 4.78 is 29.1. The van der Waals surface area contributed by atoms with E-state index in [0.29, 0.717) is 12.1 Å². The van der Waals surface area contributed by atoms with Crippen LogP contribution in [0.5, 0.6) is 0 Å². The number of rotatable bonds is 4. The maximum atomic E-state index is 13.9. The lowest BCUT2D eigenvalue weighted by atomic mass is 9.95. The zero-order valence-corrected chi connectivity index (χ0v) is 20.0. The van der Waals surface area contributed by atoms with Crippen molar-refractivity contribution in [2.75, 3.05) is 5.32 Å². The van der Waals surface area contributed by atoms with Gasteiger partial charge in [0.05, 0.1) is 4.90 Å². The van der Waals surface area contributed by atoms with Crippen LogP contribution in [-0.2, 0) is 27.8 Å². The Balaban J connectivity index is 1.54. The molecule has 1 aliphatic heterocycles. The fourth-order valence-corrected chi connectivity index (χ4v) is 6.21. The van der Waals surface area contributed by atoms with Crippen LogP contribution >= 0.6 is 0 Å². The summed E-state index contributed by atoms with van der Waals surface area (Å²) in [4.78, 5) is 13.7. The molecule has 1 heterocycles. The van der Waals surface area contributed by atoms with Crippen molar-refractivity contribution < 1.29 is 13.2 Å². The van der Waals surface area contributed by atoms with Crippen molar-refractivity contribution in [1.29, 1.82) is 0 Å². The number of carbonyl (C=O) groups excluding carboxylic acids is 1. The number of nitrogens with one attached hydrogen (secondary N) is 1. The number of benzene rings is 4. The van der Waals surface area contributed by atoms with Gasteiger partial charge in [0.2, 0.25) is 15.9 Å². The van der Waals surface area contributed by atoms with Crippen molar-refractivity contribution >= 4 is 32.4 Å². The van der Waals surface area contributed by atoms with E-state index in [2.05, 4.69) is 5.32 Å². The van der Waals surface area contributed by atoms with Gasteiger partial charge in [0, 0.05) is 12.2 Å². The first-order chi connectivity index (χ1) is 16.3. The summed E-state index contributed by atoms with van der Waals surface area (Å²) in [6.45, 7) is 4.08. The van der Waals surface area contributed by atoms with Gasteiger partial charge in [-0.2, -0.15) is 4.31 Å². The summed E-state index contributed by atoms with van der Waals surface area (Å²) in [7, 11) is -3.93. The SMILES string of the molecule is Cc1ccc(NC(=O)[C@@H]2Cc3ccccc3CN2S(=O)(=O)c2ccc3ccccc3c2)c(C)c1. The van der Waals surface area contributed by atoms with E-state index < -0.39 is 16.1 Å². The Bertz CT molecular complexity index is 1510. The monoisotopic (exact) mass is 470 g/mol. The van der Waals surface area contributed by atoms with Crippen LogP contribution in [0.15, 0.2) is 89.8 Å². The van der Waals surface area contributed by atoms with Gasteiger partial charge in [0.15, 0.2) is 0 Å². The lowest BCUT2D eigenvalue weighted by molar-refractivity contribution is -0.120. The van der Waals surface area contributed by atoms with Crippen LogP contribution < -0.4 is 5.32 Å². The molecule has 34 heavy (non-hydrogen) atoms. The standard InChI is InChI=1S/C28H26N2O3S/c1-19-11-14-26(20(2)15-19)29-28(31)27-17-23-9-5-6-10-24(23)18-30(27)34(32,33)25-13-12-21-7-3-4-8-22(21)16-25/h3-16,27H,17-18H2,1-2H3,(H,29,31)/t27-/m0/s1. The molecule has 4 aromatic rings. The van der Waals surface area contributed by atoms with Crippen LogP contribution in [0.1, 0.15) is 22.3 Å². The average molecular weight is 471 g/mol. The predicted molar refractivity (Wildman–Crippen MR) is 135 cm³/mol. The Morgan fingerprint density at radius 1 is 0.853 bits per heavy atom. The van der Waals surface area contributed by atoms with E-state index in [-0.39, 0.29) is 17.3 Å². The molecule has 6 heteroatoms. The second-order valence-electron chi connectivity index (χ2n) is 8.86. The van der Waals surface area contributed by atoms with E-state index in [1.807, 2.05) is 86.6 Å². The van der Waals surface area contributed by atoms with Crippen LogP contribution in [0.2, 0.25) is 0 Å². The first kappa shape index (κ1) is 22.3. The molecule has 0 bridgehead atoms. The first-order valence-corrected chi connectivity index (χ1v) is 12.7. The van der Waals surface area contributed by atoms with Gasteiger partial charge in [-0.1, -0.05) is 72.3 Å². The van der Waals surface area contributed by atoms with Crippen molar-refractivity contribution in [3.8, 4) is 0 Å². The zero-order valence-electron chi connectivity index (χ0n) is 19.2. The highest BCUT2D eigenvalue weighted by Gasteiger charge is 2.39. The number of amides is 1. The molecule has 5 rings (SSSR count). The van der Waals surface area contributed by atoms with E-state index in [1.165, 1.54) is 4.31 Å². The molecule has 0 radical (unpaired) electrons. The van der Waals surface area contributed by atoms with Gasteiger partial charge >= 0.3 is 0 Å². The molecule has 1 aliphatic rings. The quantitative estimate of drug-likeness (QED) is 0.445. The third-order valence-corrected chi connectivity index (χ3v) is 8.33. The largest absolute Gasteiger partial charge is 0.324 e. The molecule has 0 saturated carbocycles. The molecule has 172 valence electrons. The summed E-state index contributed by atoms with van der Waals surface area (Å²) >= 11 is 0. The second-order valence-corrected chi connectivity index (χ2v) is 10.7. The highest BCUT2D eigenvalue weighted by Crippen LogP contribution is 2.31. The Morgan fingerprint density at radius 3 is 2.32 bits per heavy atom. The lowest BCUT2D eigenvalue weighted by Crippen LogP contribution is -2.50. The number of carbonyl (C=O) groups is 1. The topological polar surface area (TPSA) is 66.5 Å². The summed E-state index contributed by atoms with van der Waals surface area (Å²) in [5.74, 6) is -0.328. The first-order valence-electron chi connectivity index (χ1n) is 11.3. The van der Waals surface area contributed by atoms with Crippen molar-refractivity contribution in [2.24, 2.45) is 0 Å². The molecule has 0 fully saturated rings. The van der Waals surface area contributed by atoms with Crippen LogP contribution in [0.25, 0.3) is 10.8 Å². The average Bonchev–Trinajstić information content (AvgIpc) is 2.84. The third kappa shape index (κ3) is 4.11. The number of hydrogen-bond donors (Lipinski definition) is 1. The fraction of sp³-hybridized carbons (Fsp3) is 0.179. The van der Waals surface area contributed by atoms with Crippen LogP contribution in [-0.4, -0.2) is 24.7 Å². The van der Waals surface area contributed by atoms with Gasteiger partial charge in [0.25, 0.3) is 0 Å². The smallest absolute Gasteiger partial charge is 0.244 e. The van der Waals surface area contributed by atoms with Gasteiger partial charge in [0.1, 0.15) is 6.04 Å². The molecule has 1 N–H and O–H groups in total. The molecular weight excluding hydrogens is 444 g/mol. The van der Waals surface area contributed by atoms with Crippen molar-refractivity contribution in [3.63, 3.8) is 0 Å². The van der Waals surface area contributed by atoms with Crippen molar-refractivity contribution in [2.45, 2.75) is 37.8 Å².